The molecule has 3 nitrogen and oxygen atoms in total. The largest absolute Gasteiger partial charge is 0.388 e. The van der Waals surface area contributed by atoms with Crippen molar-refractivity contribution < 1.29 is 9.90 Å². The number of amides is 1. The topological polar surface area (TPSA) is 40.5 Å². The van der Waals surface area contributed by atoms with E-state index in [0.717, 1.165) is 5.56 Å². The average molecular weight is 291 g/mol. The summed E-state index contributed by atoms with van der Waals surface area (Å²) in [5.41, 5.74) is 0.866. The van der Waals surface area contributed by atoms with E-state index in [1.54, 1.807) is 0 Å². The van der Waals surface area contributed by atoms with Gasteiger partial charge in [-0.1, -0.05) is 44.2 Å². The average Bonchev–Trinajstić information content (AvgIpc) is 2.45. The lowest BCUT2D eigenvalue weighted by Gasteiger charge is -2.35. The zero-order valence-electron chi connectivity index (χ0n) is 14.1. The molecule has 3 atom stereocenters. The number of nitrogens with zero attached hydrogens (tertiary/aromatic N) is 1. The smallest absolute Gasteiger partial charge is 0.226 e. The van der Waals surface area contributed by atoms with E-state index >= 15 is 0 Å². The van der Waals surface area contributed by atoms with Crippen molar-refractivity contribution in [2.75, 3.05) is 0 Å². The van der Waals surface area contributed by atoms with Gasteiger partial charge in [-0.3, -0.25) is 4.79 Å². The fraction of sp³-hybridized carbons (Fsp3) is 0.611. The molecule has 0 aliphatic carbocycles. The van der Waals surface area contributed by atoms with Crippen molar-refractivity contribution in [3.05, 3.63) is 35.9 Å². The lowest BCUT2D eigenvalue weighted by atomic mass is 9.85. The summed E-state index contributed by atoms with van der Waals surface area (Å²) in [4.78, 5) is 14.6. The summed E-state index contributed by atoms with van der Waals surface area (Å²) in [6.07, 6.45) is -0.619. The Morgan fingerprint density at radius 1 is 0.952 bits per heavy atom. The van der Waals surface area contributed by atoms with E-state index in [1.807, 2.05) is 76.8 Å². The zero-order chi connectivity index (χ0) is 16.2. The maximum Gasteiger partial charge on any atom is 0.226 e. The van der Waals surface area contributed by atoms with Gasteiger partial charge < -0.3 is 10.0 Å². The van der Waals surface area contributed by atoms with E-state index < -0.39 is 6.10 Å². The van der Waals surface area contributed by atoms with Gasteiger partial charge in [-0.25, -0.2) is 0 Å². The molecule has 21 heavy (non-hydrogen) atoms. The molecular formula is C18H29NO2. The van der Waals surface area contributed by atoms with Crippen LogP contribution in [0.3, 0.4) is 0 Å². The Hall–Kier alpha value is -1.35. The van der Waals surface area contributed by atoms with Crippen LogP contribution in [0.4, 0.5) is 0 Å². The summed E-state index contributed by atoms with van der Waals surface area (Å²) in [6.45, 7) is 12.0. The van der Waals surface area contributed by atoms with Gasteiger partial charge >= 0.3 is 0 Å². The van der Waals surface area contributed by atoms with Gasteiger partial charge in [-0.15, -0.1) is 0 Å². The molecule has 0 aliphatic rings. The van der Waals surface area contributed by atoms with Gasteiger partial charge in [-0.2, -0.15) is 0 Å². The number of aliphatic hydroxyl groups is 1. The second-order valence-electron chi connectivity index (χ2n) is 6.44. The van der Waals surface area contributed by atoms with E-state index in [1.165, 1.54) is 0 Å². The number of carbonyl (C=O) groups is 1. The van der Waals surface area contributed by atoms with Crippen molar-refractivity contribution in [2.24, 2.45) is 11.8 Å². The van der Waals surface area contributed by atoms with E-state index in [-0.39, 0.29) is 29.8 Å². The highest BCUT2D eigenvalue weighted by Crippen LogP contribution is 2.29. The quantitative estimate of drug-likeness (QED) is 0.869. The minimum absolute atomic E-state index is 0.113. The monoisotopic (exact) mass is 291 g/mol. The van der Waals surface area contributed by atoms with Gasteiger partial charge in [0.15, 0.2) is 0 Å². The van der Waals surface area contributed by atoms with Crippen LogP contribution in [-0.4, -0.2) is 28.0 Å². The molecular weight excluding hydrogens is 262 g/mol. The molecule has 1 N–H and O–H groups in total. The molecule has 0 fully saturated rings. The molecule has 0 bridgehead atoms. The lowest BCUT2D eigenvalue weighted by Crippen LogP contribution is -2.46. The second-order valence-corrected chi connectivity index (χ2v) is 6.44. The van der Waals surface area contributed by atoms with Crippen molar-refractivity contribution in [3.8, 4) is 0 Å². The van der Waals surface area contributed by atoms with Crippen LogP contribution in [0.2, 0.25) is 0 Å². The van der Waals surface area contributed by atoms with Crippen LogP contribution < -0.4 is 0 Å². The summed E-state index contributed by atoms with van der Waals surface area (Å²) >= 11 is 0. The molecule has 1 rings (SSSR count). The molecule has 1 amide bonds. The van der Waals surface area contributed by atoms with Gasteiger partial charge in [0.1, 0.15) is 0 Å². The number of hydrogen-bond donors (Lipinski definition) is 1. The Morgan fingerprint density at radius 2 is 1.43 bits per heavy atom. The molecule has 0 spiro atoms. The number of aliphatic hydroxyl groups excluding tert-OH is 1. The van der Waals surface area contributed by atoms with Crippen LogP contribution in [-0.2, 0) is 4.79 Å². The molecule has 3 heteroatoms. The maximum atomic E-state index is 12.7. The first-order valence-corrected chi connectivity index (χ1v) is 7.82. The first kappa shape index (κ1) is 17.7. The first-order chi connectivity index (χ1) is 9.77. The Balaban J connectivity index is 2.86. The van der Waals surface area contributed by atoms with Crippen LogP contribution in [0, 0.1) is 11.8 Å². The Kier molecular flexibility index (Phi) is 6.41. The van der Waals surface area contributed by atoms with Crippen molar-refractivity contribution in [1.82, 2.24) is 4.90 Å². The third-order valence-corrected chi connectivity index (χ3v) is 4.18. The van der Waals surface area contributed by atoms with Crippen LogP contribution in [0.5, 0.6) is 0 Å². The predicted molar refractivity (Wildman–Crippen MR) is 86.8 cm³/mol. The number of hydrogen-bond acceptors (Lipinski definition) is 2. The summed E-state index contributed by atoms with van der Waals surface area (Å²) in [5.74, 6) is -0.229. The fourth-order valence-electron chi connectivity index (χ4n) is 2.79. The molecule has 118 valence electrons. The van der Waals surface area contributed by atoms with Crippen molar-refractivity contribution in [1.29, 1.82) is 0 Å². The lowest BCUT2D eigenvalue weighted by molar-refractivity contribution is -0.141. The van der Waals surface area contributed by atoms with E-state index in [0.29, 0.717) is 0 Å². The number of carbonyl (C=O) groups excluding carboxylic acids is 1. The van der Waals surface area contributed by atoms with Crippen LogP contribution >= 0.6 is 0 Å². The van der Waals surface area contributed by atoms with Crippen molar-refractivity contribution in [2.45, 2.75) is 59.7 Å². The molecule has 0 heterocycles. The Labute approximate surface area is 129 Å². The van der Waals surface area contributed by atoms with Gasteiger partial charge in [0.05, 0.1) is 6.10 Å². The first-order valence-electron chi connectivity index (χ1n) is 7.82. The molecule has 0 aromatic heterocycles. The SMILES string of the molecule is CC(C)N(C(=O)[C@@H](C)[C@@H](C)[C@@H](O)c1ccccc1)C(C)C. The van der Waals surface area contributed by atoms with Crippen molar-refractivity contribution >= 4 is 5.91 Å². The summed E-state index contributed by atoms with van der Waals surface area (Å²) in [6, 6.07) is 9.89. The summed E-state index contributed by atoms with van der Waals surface area (Å²) < 4.78 is 0. The normalized spacial score (nSPS) is 15.9. The van der Waals surface area contributed by atoms with Crippen LogP contribution in [0.15, 0.2) is 30.3 Å². The molecule has 1 aromatic rings. The molecule has 0 saturated heterocycles. The molecule has 0 aliphatic heterocycles. The molecule has 0 radical (unpaired) electrons. The number of rotatable bonds is 6. The minimum Gasteiger partial charge on any atom is -0.388 e. The zero-order valence-corrected chi connectivity index (χ0v) is 14.1. The summed E-state index contributed by atoms with van der Waals surface area (Å²) in [5, 5.41) is 10.5. The standard InChI is InChI=1S/C18H29NO2/c1-12(2)19(13(3)4)18(21)15(6)14(5)17(20)16-10-8-7-9-11-16/h7-15,17,20H,1-6H3/t14-,15+,17-/m1/s1. The molecule has 1 aromatic carbocycles. The van der Waals surface area contributed by atoms with Crippen LogP contribution in [0.1, 0.15) is 53.2 Å². The van der Waals surface area contributed by atoms with E-state index in [2.05, 4.69) is 0 Å². The van der Waals surface area contributed by atoms with E-state index in [4.69, 9.17) is 0 Å². The van der Waals surface area contributed by atoms with Gasteiger partial charge in [0, 0.05) is 18.0 Å². The molecule has 0 saturated carbocycles. The van der Waals surface area contributed by atoms with Crippen LogP contribution in [0.25, 0.3) is 0 Å². The van der Waals surface area contributed by atoms with Gasteiger partial charge in [0.2, 0.25) is 5.91 Å². The predicted octanol–water partition coefficient (Wildman–Crippen LogP) is 3.64. The van der Waals surface area contributed by atoms with Gasteiger partial charge in [-0.05, 0) is 39.2 Å². The van der Waals surface area contributed by atoms with Gasteiger partial charge in [0.25, 0.3) is 0 Å². The van der Waals surface area contributed by atoms with Crippen molar-refractivity contribution in [3.63, 3.8) is 0 Å². The Morgan fingerprint density at radius 3 is 1.86 bits per heavy atom. The Bertz CT molecular complexity index is 434. The highest BCUT2D eigenvalue weighted by Gasteiger charge is 2.32. The fourth-order valence-corrected chi connectivity index (χ4v) is 2.79. The third kappa shape index (κ3) is 4.31. The highest BCUT2D eigenvalue weighted by atomic mass is 16.3. The van der Waals surface area contributed by atoms with E-state index in [9.17, 15) is 9.90 Å². The maximum absolute atomic E-state index is 12.7. The number of benzene rings is 1. The minimum atomic E-state index is -0.619. The summed E-state index contributed by atoms with van der Waals surface area (Å²) in [7, 11) is 0. The highest BCUT2D eigenvalue weighted by molar-refractivity contribution is 5.79. The second kappa shape index (κ2) is 7.60. The molecule has 0 unspecified atom stereocenters. The third-order valence-electron chi connectivity index (χ3n) is 4.18.